The smallest absolute Gasteiger partial charge is 0.118 e. The van der Waals surface area contributed by atoms with Crippen molar-refractivity contribution in [1.82, 2.24) is 0 Å². The van der Waals surface area contributed by atoms with E-state index in [1.54, 1.807) is 7.11 Å². The van der Waals surface area contributed by atoms with Crippen molar-refractivity contribution >= 4 is 0 Å². The van der Waals surface area contributed by atoms with E-state index in [1.807, 2.05) is 24.3 Å². The molecule has 0 aromatic heterocycles. The maximum atomic E-state index is 5.13. The van der Waals surface area contributed by atoms with Gasteiger partial charge in [-0.1, -0.05) is 36.4 Å². The molecule has 1 nitrogen and oxygen atoms in total. The Kier molecular flexibility index (Phi) is 3.60. The van der Waals surface area contributed by atoms with Gasteiger partial charge in [-0.25, -0.2) is 0 Å². The van der Waals surface area contributed by atoms with Gasteiger partial charge in [0.25, 0.3) is 0 Å². The van der Waals surface area contributed by atoms with Crippen LogP contribution in [-0.2, 0) is 12.8 Å². The zero-order chi connectivity index (χ0) is 11.2. The molecule has 1 radical (unpaired) electrons. The minimum Gasteiger partial charge on any atom is -0.497 e. The number of ether oxygens (including phenoxy) is 1. The van der Waals surface area contributed by atoms with Crippen molar-refractivity contribution in [3.63, 3.8) is 0 Å². The van der Waals surface area contributed by atoms with E-state index in [-0.39, 0.29) is 0 Å². The molecule has 1 heteroatoms. The van der Waals surface area contributed by atoms with Crippen LogP contribution in [0.4, 0.5) is 0 Å². The van der Waals surface area contributed by atoms with E-state index in [4.69, 9.17) is 4.74 Å². The summed E-state index contributed by atoms with van der Waals surface area (Å²) in [5, 5.41) is 0. The third-order valence-electron chi connectivity index (χ3n) is 2.65. The molecular formula is C15H15O. The van der Waals surface area contributed by atoms with E-state index in [9.17, 15) is 0 Å². The van der Waals surface area contributed by atoms with Crippen molar-refractivity contribution in [3.8, 4) is 5.75 Å². The Morgan fingerprint density at radius 1 is 0.875 bits per heavy atom. The standard InChI is InChI=1S/C15H15O/c1-16-15-11-9-14(10-12-15)8-7-13-5-3-2-4-6-13/h3-6,9-12H,7-8H2,1H3. The molecule has 0 aliphatic carbocycles. The molecule has 0 heterocycles. The molecule has 0 unspecified atom stereocenters. The third kappa shape index (κ3) is 2.86. The van der Waals surface area contributed by atoms with Crippen molar-refractivity contribution in [2.45, 2.75) is 12.8 Å². The van der Waals surface area contributed by atoms with Gasteiger partial charge in [-0.2, -0.15) is 0 Å². The fraction of sp³-hybridized carbons (Fsp3) is 0.200. The monoisotopic (exact) mass is 211 g/mol. The normalized spacial score (nSPS) is 10.1. The van der Waals surface area contributed by atoms with Crippen molar-refractivity contribution in [3.05, 3.63) is 65.7 Å². The van der Waals surface area contributed by atoms with Crippen LogP contribution in [0, 0.1) is 6.07 Å². The summed E-state index contributed by atoms with van der Waals surface area (Å²) in [5.74, 6) is 0.915. The van der Waals surface area contributed by atoms with Crippen molar-refractivity contribution in [1.29, 1.82) is 0 Å². The fourth-order valence-electron chi connectivity index (χ4n) is 1.67. The number of hydrogen-bond donors (Lipinski definition) is 0. The van der Waals surface area contributed by atoms with Crippen LogP contribution in [0.2, 0.25) is 0 Å². The van der Waals surface area contributed by atoms with Gasteiger partial charge in [0.05, 0.1) is 7.11 Å². The lowest BCUT2D eigenvalue weighted by Gasteiger charge is -2.03. The first kappa shape index (κ1) is 10.7. The lowest BCUT2D eigenvalue weighted by atomic mass is 10.0. The quantitative estimate of drug-likeness (QED) is 0.754. The second kappa shape index (κ2) is 5.36. The SMILES string of the molecule is COc1ccc(CCc2cc[c]cc2)cc1. The Balaban J connectivity index is 1.94. The van der Waals surface area contributed by atoms with Crippen LogP contribution in [-0.4, -0.2) is 7.11 Å². The molecule has 0 amide bonds. The van der Waals surface area contributed by atoms with Gasteiger partial charge in [-0.15, -0.1) is 0 Å². The van der Waals surface area contributed by atoms with Gasteiger partial charge in [0.15, 0.2) is 0 Å². The summed E-state index contributed by atoms with van der Waals surface area (Å²) in [6.45, 7) is 0. The topological polar surface area (TPSA) is 9.23 Å². The van der Waals surface area contributed by atoms with E-state index in [1.165, 1.54) is 11.1 Å². The number of rotatable bonds is 4. The maximum absolute atomic E-state index is 5.13. The highest BCUT2D eigenvalue weighted by Crippen LogP contribution is 2.13. The number of hydrogen-bond acceptors (Lipinski definition) is 1. The second-order valence-electron chi connectivity index (χ2n) is 3.76. The molecule has 0 bridgehead atoms. The Hall–Kier alpha value is -1.76. The summed E-state index contributed by atoms with van der Waals surface area (Å²) >= 11 is 0. The minimum atomic E-state index is 0.915. The van der Waals surface area contributed by atoms with Crippen molar-refractivity contribution < 1.29 is 4.74 Å². The van der Waals surface area contributed by atoms with Crippen LogP contribution in [0.3, 0.4) is 0 Å². The molecule has 0 saturated heterocycles. The van der Waals surface area contributed by atoms with Crippen LogP contribution in [0.15, 0.2) is 48.5 Å². The van der Waals surface area contributed by atoms with Gasteiger partial charge in [0, 0.05) is 0 Å². The highest BCUT2D eigenvalue weighted by Gasteiger charge is 1.96. The van der Waals surface area contributed by atoms with E-state index < -0.39 is 0 Å². The average molecular weight is 211 g/mol. The average Bonchev–Trinajstić information content (AvgIpc) is 2.38. The molecule has 0 aliphatic heterocycles. The lowest BCUT2D eigenvalue weighted by Crippen LogP contribution is -1.91. The minimum absolute atomic E-state index is 0.915. The van der Waals surface area contributed by atoms with Gasteiger partial charge in [-0.3, -0.25) is 0 Å². The summed E-state index contributed by atoms with van der Waals surface area (Å²) in [6, 6.07) is 19.4. The predicted molar refractivity (Wildman–Crippen MR) is 65.7 cm³/mol. The summed E-state index contributed by atoms with van der Waals surface area (Å²) in [4.78, 5) is 0. The van der Waals surface area contributed by atoms with E-state index in [0.29, 0.717) is 0 Å². The van der Waals surface area contributed by atoms with Gasteiger partial charge in [-0.05, 0) is 42.2 Å². The highest BCUT2D eigenvalue weighted by molar-refractivity contribution is 5.28. The Bertz CT molecular complexity index is 417. The first-order valence-electron chi connectivity index (χ1n) is 5.46. The molecule has 2 aromatic rings. The fourth-order valence-corrected chi connectivity index (χ4v) is 1.67. The molecule has 2 rings (SSSR count). The zero-order valence-corrected chi connectivity index (χ0v) is 9.44. The summed E-state index contributed by atoms with van der Waals surface area (Å²) in [6.07, 6.45) is 2.13. The van der Waals surface area contributed by atoms with Gasteiger partial charge >= 0.3 is 0 Å². The molecule has 16 heavy (non-hydrogen) atoms. The van der Waals surface area contributed by atoms with Crippen molar-refractivity contribution in [2.75, 3.05) is 7.11 Å². The lowest BCUT2D eigenvalue weighted by molar-refractivity contribution is 0.414. The molecule has 0 fully saturated rings. The van der Waals surface area contributed by atoms with Gasteiger partial charge < -0.3 is 4.74 Å². The van der Waals surface area contributed by atoms with Crippen molar-refractivity contribution in [2.24, 2.45) is 0 Å². The number of methoxy groups -OCH3 is 1. The Morgan fingerprint density at radius 3 is 2.00 bits per heavy atom. The zero-order valence-electron chi connectivity index (χ0n) is 9.44. The second-order valence-corrected chi connectivity index (χ2v) is 3.76. The van der Waals surface area contributed by atoms with Gasteiger partial charge in [0.2, 0.25) is 0 Å². The molecular weight excluding hydrogens is 196 g/mol. The summed E-state index contributed by atoms with van der Waals surface area (Å²) in [5.41, 5.74) is 2.70. The van der Waals surface area contributed by atoms with Gasteiger partial charge in [0.1, 0.15) is 5.75 Å². The summed E-state index contributed by atoms with van der Waals surface area (Å²) < 4.78 is 5.13. The maximum Gasteiger partial charge on any atom is 0.118 e. The van der Waals surface area contributed by atoms with Crippen LogP contribution < -0.4 is 4.74 Å². The Labute approximate surface area is 96.7 Å². The predicted octanol–water partition coefficient (Wildman–Crippen LogP) is 3.28. The molecule has 81 valence electrons. The molecule has 0 saturated carbocycles. The van der Waals surface area contributed by atoms with E-state index in [2.05, 4.69) is 30.3 Å². The number of aryl methyl sites for hydroxylation is 2. The largest absolute Gasteiger partial charge is 0.497 e. The summed E-state index contributed by atoms with van der Waals surface area (Å²) in [7, 11) is 1.69. The number of benzene rings is 2. The molecule has 0 atom stereocenters. The highest BCUT2D eigenvalue weighted by atomic mass is 16.5. The third-order valence-corrected chi connectivity index (χ3v) is 2.65. The van der Waals surface area contributed by atoms with Crippen LogP contribution in [0.5, 0.6) is 5.75 Å². The van der Waals surface area contributed by atoms with E-state index in [0.717, 1.165) is 18.6 Å². The van der Waals surface area contributed by atoms with Crippen LogP contribution in [0.25, 0.3) is 0 Å². The Morgan fingerprint density at radius 2 is 1.44 bits per heavy atom. The molecule has 2 aromatic carbocycles. The molecule has 0 N–H and O–H groups in total. The van der Waals surface area contributed by atoms with Crippen LogP contribution >= 0.6 is 0 Å². The molecule has 0 spiro atoms. The molecule has 0 aliphatic rings. The van der Waals surface area contributed by atoms with Crippen LogP contribution in [0.1, 0.15) is 11.1 Å². The first-order valence-corrected chi connectivity index (χ1v) is 5.46. The van der Waals surface area contributed by atoms with E-state index >= 15 is 0 Å². The first-order chi connectivity index (χ1) is 7.88.